The number of nitrogens with one attached hydrogen (secondary N) is 1. The van der Waals surface area contributed by atoms with Crippen LogP contribution in [0.2, 0.25) is 10.0 Å². The van der Waals surface area contributed by atoms with E-state index in [1.165, 1.54) is 9.21 Å². The highest BCUT2D eigenvalue weighted by Crippen LogP contribution is 2.27. The molecule has 2 aromatic carbocycles. The Morgan fingerprint density at radius 3 is 2.17 bits per heavy atom. The van der Waals surface area contributed by atoms with E-state index in [1.807, 2.05) is 19.9 Å². The molecule has 2 aromatic rings. The Morgan fingerprint density at radius 1 is 0.972 bits per heavy atom. The SMILES string of the molecule is CCCCNC(=O)[C@H](CC)N(Cc1c(Cl)cccc1Cl)C(=O)CCCN(c1ccccc1)S(C)(=O)=O. The third kappa shape index (κ3) is 8.68. The van der Waals surface area contributed by atoms with Crippen molar-refractivity contribution in [3.05, 3.63) is 64.1 Å². The highest BCUT2D eigenvalue weighted by atomic mass is 35.5. The Labute approximate surface area is 224 Å². The van der Waals surface area contributed by atoms with E-state index in [1.54, 1.807) is 42.5 Å². The minimum atomic E-state index is -3.53. The Bertz CT molecular complexity index is 1090. The summed E-state index contributed by atoms with van der Waals surface area (Å²) in [5.41, 5.74) is 1.10. The molecule has 1 atom stereocenters. The van der Waals surface area contributed by atoms with Gasteiger partial charge in [0.25, 0.3) is 0 Å². The lowest BCUT2D eigenvalue weighted by atomic mass is 10.1. The lowest BCUT2D eigenvalue weighted by Gasteiger charge is -2.31. The highest BCUT2D eigenvalue weighted by Gasteiger charge is 2.29. The van der Waals surface area contributed by atoms with Gasteiger partial charge >= 0.3 is 0 Å². The van der Waals surface area contributed by atoms with E-state index in [0.717, 1.165) is 19.1 Å². The fourth-order valence-corrected chi connectivity index (χ4v) is 5.36. The standard InChI is InChI=1S/C26H35Cl2N3O4S/c1-4-6-17-29-26(33)24(5-2)30(19-21-22(27)14-10-15-23(21)28)25(32)16-11-18-31(36(3,34)35)20-12-8-7-9-13-20/h7-10,12-15,24H,4-6,11,16-19H2,1-3H3,(H,29,33)/t24-/m0/s1. The van der Waals surface area contributed by atoms with Gasteiger partial charge in [0.05, 0.1) is 11.9 Å². The van der Waals surface area contributed by atoms with Crippen molar-refractivity contribution >= 4 is 50.7 Å². The molecule has 0 aliphatic heterocycles. The smallest absolute Gasteiger partial charge is 0.242 e. The average Bonchev–Trinajstić information content (AvgIpc) is 2.83. The number of carbonyl (C=O) groups is 2. The minimum Gasteiger partial charge on any atom is -0.354 e. The van der Waals surface area contributed by atoms with Gasteiger partial charge in [-0.05, 0) is 43.5 Å². The number of unbranched alkanes of at least 4 members (excludes halogenated alkanes) is 1. The van der Waals surface area contributed by atoms with Crippen LogP contribution in [0.3, 0.4) is 0 Å². The predicted octanol–water partition coefficient (Wildman–Crippen LogP) is 5.26. The van der Waals surface area contributed by atoms with Crippen LogP contribution in [0.15, 0.2) is 48.5 Å². The summed E-state index contributed by atoms with van der Waals surface area (Å²) >= 11 is 12.8. The number of carbonyl (C=O) groups excluding carboxylic acids is 2. The molecule has 0 aromatic heterocycles. The normalized spacial score (nSPS) is 12.1. The first kappa shape index (κ1) is 29.9. The zero-order chi connectivity index (χ0) is 26.7. The largest absolute Gasteiger partial charge is 0.354 e. The van der Waals surface area contributed by atoms with Gasteiger partial charge in [-0.1, -0.05) is 67.7 Å². The minimum absolute atomic E-state index is 0.0552. The second-order valence-corrected chi connectivity index (χ2v) is 11.3. The van der Waals surface area contributed by atoms with Crippen molar-refractivity contribution in [2.45, 2.75) is 58.5 Å². The van der Waals surface area contributed by atoms with E-state index in [0.29, 0.717) is 34.3 Å². The van der Waals surface area contributed by atoms with Crippen molar-refractivity contribution in [2.75, 3.05) is 23.7 Å². The van der Waals surface area contributed by atoms with Gasteiger partial charge in [0.2, 0.25) is 21.8 Å². The molecule has 0 fully saturated rings. The number of amides is 2. The molecule has 0 aliphatic rings. The first-order valence-corrected chi connectivity index (χ1v) is 14.7. The van der Waals surface area contributed by atoms with Gasteiger partial charge in [-0.3, -0.25) is 13.9 Å². The van der Waals surface area contributed by atoms with Gasteiger partial charge in [0.15, 0.2) is 0 Å². The third-order valence-electron chi connectivity index (χ3n) is 5.80. The topological polar surface area (TPSA) is 86.8 Å². The first-order valence-electron chi connectivity index (χ1n) is 12.1. The molecule has 198 valence electrons. The fraction of sp³-hybridized carbons (Fsp3) is 0.462. The van der Waals surface area contributed by atoms with Crippen LogP contribution in [0.1, 0.15) is 51.5 Å². The van der Waals surface area contributed by atoms with E-state index < -0.39 is 16.1 Å². The predicted molar refractivity (Wildman–Crippen MR) is 147 cm³/mol. The summed E-state index contributed by atoms with van der Waals surface area (Å²) in [5, 5.41) is 3.74. The molecular formula is C26H35Cl2N3O4S. The van der Waals surface area contributed by atoms with Crippen molar-refractivity contribution in [1.29, 1.82) is 0 Å². The zero-order valence-electron chi connectivity index (χ0n) is 21.0. The van der Waals surface area contributed by atoms with Crippen molar-refractivity contribution in [1.82, 2.24) is 10.2 Å². The maximum absolute atomic E-state index is 13.5. The molecule has 2 rings (SSSR count). The Balaban J connectivity index is 2.24. The maximum atomic E-state index is 13.5. The van der Waals surface area contributed by atoms with Crippen LogP contribution >= 0.6 is 23.2 Å². The van der Waals surface area contributed by atoms with Crippen molar-refractivity contribution < 1.29 is 18.0 Å². The zero-order valence-corrected chi connectivity index (χ0v) is 23.4. The number of rotatable bonds is 14. The summed E-state index contributed by atoms with van der Waals surface area (Å²) in [5.74, 6) is -0.505. The molecule has 1 N–H and O–H groups in total. The van der Waals surface area contributed by atoms with Gasteiger partial charge in [0, 0.05) is 41.7 Å². The van der Waals surface area contributed by atoms with Crippen LogP contribution in [0.4, 0.5) is 5.69 Å². The van der Waals surface area contributed by atoms with Gasteiger partial charge in [-0.2, -0.15) is 0 Å². The number of benzene rings is 2. The van der Waals surface area contributed by atoms with Crippen molar-refractivity contribution in [2.24, 2.45) is 0 Å². The number of hydrogen-bond donors (Lipinski definition) is 1. The summed E-state index contributed by atoms with van der Waals surface area (Å²) in [7, 11) is -3.53. The maximum Gasteiger partial charge on any atom is 0.242 e. The Hall–Kier alpha value is -2.29. The quantitative estimate of drug-likeness (QED) is 0.322. The molecule has 0 saturated carbocycles. The summed E-state index contributed by atoms with van der Waals surface area (Å²) in [6.07, 6.45) is 3.66. The fourth-order valence-electron chi connectivity index (χ4n) is 3.88. The van der Waals surface area contributed by atoms with Gasteiger partial charge in [-0.25, -0.2) is 8.42 Å². The molecule has 0 spiro atoms. The lowest BCUT2D eigenvalue weighted by molar-refractivity contribution is -0.141. The van der Waals surface area contributed by atoms with E-state index in [9.17, 15) is 18.0 Å². The molecular weight excluding hydrogens is 521 g/mol. The molecule has 0 bridgehead atoms. The number of hydrogen-bond acceptors (Lipinski definition) is 4. The summed E-state index contributed by atoms with van der Waals surface area (Å²) in [6.45, 7) is 4.62. The number of para-hydroxylation sites is 1. The number of sulfonamides is 1. The van der Waals surface area contributed by atoms with E-state index in [4.69, 9.17) is 23.2 Å². The van der Waals surface area contributed by atoms with Gasteiger partial charge < -0.3 is 10.2 Å². The molecule has 0 heterocycles. The molecule has 2 amide bonds. The molecule has 0 unspecified atom stereocenters. The molecule has 0 aliphatic carbocycles. The van der Waals surface area contributed by atoms with E-state index in [2.05, 4.69) is 5.32 Å². The highest BCUT2D eigenvalue weighted by molar-refractivity contribution is 7.92. The second-order valence-electron chi connectivity index (χ2n) is 8.56. The number of nitrogens with zero attached hydrogens (tertiary/aromatic N) is 2. The van der Waals surface area contributed by atoms with E-state index in [-0.39, 0.29) is 37.7 Å². The van der Waals surface area contributed by atoms with Gasteiger partial charge in [0.1, 0.15) is 6.04 Å². The average molecular weight is 557 g/mol. The number of halogens is 2. The Morgan fingerprint density at radius 2 is 1.61 bits per heavy atom. The van der Waals surface area contributed by atoms with Crippen molar-refractivity contribution in [3.63, 3.8) is 0 Å². The van der Waals surface area contributed by atoms with Crippen LogP contribution in [0.5, 0.6) is 0 Å². The van der Waals surface area contributed by atoms with Gasteiger partial charge in [-0.15, -0.1) is 0 Å². The summed E-state index contributed by atoms with van der Waals surface area (Å²) in [4.78, 5) is 28.0. The molecule has 0 radical (unpaired) electrons. The lowest BCUT2D eigenvalue weighted by Crippen LogP contribution is -2.49. The first-order chi connectivity index (χ1) is 17.1. The summed E-state index contributed by atoms with van der Waals surface area (Å²) < 4.78 is 26.0. The van der Waals surface area contributed by atoms with Crippen LogP contribution in [0, 0.1) is 0 Å². The number of anilines is 1. The Kier molecular flexibility index (Phi) is 12.0. The third-order valence-corrected chi connectivity index (χ3v) is 7.70. The monoisotopic (exact) mass is 555 g/mol. The van der Waals surface area contributed by atoms with Crippen molar-refractivity contribution in [3.8, 4) is 0 Å². The molecule has 36 heavy (non-hydrogen) atoms. The van der Waals surface area contributed by atoms with Crippen LogP contribution < -0.4 is 9.62 Å². The van der Waals surface area contributed by atoms with Crippen LogP contribution in [-0.4, -0.2) is 50.5 Å². The molecule has 7 nitrogen and oxygen atoms in total. The molecule has 10 heteroatoms. The summed E-state index contributed by atoms with van der Waals surface area (Å²) in [6, 6.07) is 13.1. The van der Waals surface area contributed by atoms with Crippen LogP contribution in [-0.2, 0) is 26.2 Å². The van der Waals surface area contributed by atoms with E-state index >= 15 is 0 Å². The van der Waals surface area contributed by atoms with Crippen LogP contribution in [0.25, 0.3) is 0 Å². The molecule has 0 saturated heterocycles. The second kappa shape index (κ2) is 14.4.